The van der Waals surface area contributed by atoms with Crippen molar-refractivity contribution in [3.05, 3.63) is 0 Å². The highest BCUT2D eigenvalue weighted by Gasteiger charge is 2.48. The highest BCUT2D eigenvalue weighted by molar-refractivity contribution is 5.04. The Hall–Kier alpha value is -0.0800. The van der Waals surface area contributed by atoms with Crippen LogP contribution in [0.5, 0.6) is 0 Å². The average molecular weight is 250 g/mol. The fraction of sp³-hybridized carbons (Fsp3) is 1.00. The van der Waals surface area contributed by atoms with Crippen molar-refractivity contribution >= 4 is 0 Å². The summed E-state index contributed by atoms with van der Waals surface area (Å²) in [6.07, 6.45) is 12.8. The van der Waals surface area contributed by atoms with Crippen molar-refractivity contribution in [2.24, 2.45) is 17.6 Å². The fourth-order valence-corrected chi connectivity index (χ4v) is 5.25. The molecule has 0 radical (unpaired) electrons. The molecule has 1 saturated heterocycles. The Labute approximate surface area is 112 Å². The maximum atomic E-state index is 6.30. The van der Waals surface area contributed by atoms with E-state index in [0.29, 0.717) is 5.54 Å². The summed E-state index contributed by atoms with van der Waals surface area (Å²) < 4.78 is 0. The van der Waals surface area contributed by atoms with Crippen LogP contribution >= 0.6 is 0 Å². The first kappa shape index (κ1) is 12.9. The summed E-state index contributed by atoms with van der Waals surface area (Å²) in [4.78, 5) is 2.90. The number of piperidine rings is 1. The second-order valence-electron chi connectivity index (χ2n) is 7.05. The van der Waals surface area contributed by atoms with E-state index in [4.69, 9.17) is 5.73 Å². The maximum absolute atomic E-state index is 6.30. The predicted octanol–water partition coefficient (Wildman–Crippen LogP) is 3.16. The van der Waals surface area contributed by atoms with Gasteiger partial charge in [-0.25, -0.2) is 0 Å². The van der Waals surface area contributed by atoms with Crippen molar-refractivity contribution in [3.8, 4) is 0 Å². The minimum Gasteiger partial charge on any atom is -0.329 e. The first-order chi connectivity index (χ1) is 8.78. The third-order valence-corrected chi connectivity index (χ3v) is 6.33. The Morgan fingerprint density at radius 1 is 1.06 bits per heavy atom. The minimum atomic E-state index is 0.353. The van der Waals surface area contributed by atoms with Gasteiger partial charge in [-0.05, 0) is 56.9 Å². The highest BCUT2D eigenvalue weighted by Crippen LogP contribution is 2.46. The van der Waals surface area contributed by atoms with Crippen molar-refractivity contribution in [1.82, 2.24) is 4.90 Å². The van der Waals surface area contributed by atoms with Crippen LogP contribution in [0.15, 0.2) is 0 Å². The van der Waals surface area contributed by atoms with Gasteiger partial charge in [-0.3, -0.25) is 4.90 Å². The van der Waals surface area contributed by atoms with E-state index in [0.717, 1.165) is 24.4 Å². The molecule has 1 aliphatic heterocycles. The number of nitrogens with two attached hydrogens (primary N) is 1. The van der Waals surface area contributed by atoms with Crippen molar-refractivity contribution in [1.29, 1.82) is 0 Å². The van der Waals surface area contributed by atoms with Crippen molar-refractivity contribution in [3.63, 3.8) is 0 Å². The summed E-state index contributed by atoms with van der Waals surface area (Å²) in [6, 6.07) is 0.878. The molecule has 2 nitrogen and oxygen atoms in total. The third-order valence-electron chi connectivity index (χ3n) is 6.33. The molecular formula is C16H30N2. The molecular weight excluding hydrogens is 220 g/mol. The fourth-order valence-electron chi connectivity index (χ4n) is 5.25. The van der Waals surface area contributed by atoms with Gasteiger partial charge in [0.15, 0.2) is 0 Å². The van der Waals surface area contributed by atoms with E-state index < -0.39 is 0 Å². The van der Waals surface area contributed by atoms with Crippen molar-refractivity contribution in [2.75, 3.05) is 13.1 Å². The zero-order valence-corrected chi connectivity index (χ0v) is 12.0. The lowest BCUT2D eigenvalue weighted by Gasteiger charge is -2.55. The second-order valence-corrected chi connectivity index (χ2v) is 7.05. The van der Waals surface area contributed by atoms with Gasteiger partial charge in [-0.1, -0.05) is 26.2 Å². The van der Waals surface area contributed by atoms with Gasteiger partial charge in [0.05, 0.1) is 0 Å². The van der Waals surface area contributed by atoms with E-state index >= 15 is 0 Å². The van der Waals surface area contributed by atoms with E-state index in [1.54, 1.807) is 0 Å². The Morgan fingerprint density at radius 3 is 2.67 bits per heavy atom. The summed E-state index contributed by atoms with van der Waals surface area (Å²) >= 11 is 0. The normalized spacial score (nSPS) is 46.0. The van der Waals surface area contributed by atoms with Crippen LogP contribution in [0.2, 0.25) is 0 Å². The molecule has 2 N–H and O–H groups in total. The summed E-state index contributed by atoms with van der Waals surface area (Å²) in [5.41, 5.74) is 6.65. The topological polar surface area (TPSA) is 29.3 Å². The molecule has 18 heavy (non-hydrogen) atoms. The smallest absolute Gasteiger partial charge is 0.0360 e. The van der Waals surface area contributed by atoms with Crippen molar-refractivity contribution in [2.45, 2.75) is 76.3 Å². The molecule has 4 atom stereocenters. The summed E-state index contributed by atoms with van der Waals surface area (Å²) in [7, 11) is 0. The van der Waals surface area contributed by atoms with Crippen molar-refractivity contribution < 1.29 is 0 Å². The molecule has 4 unspecified atom stereocenters. The zero-order valence-electron chi connectivity index (χ0n) is 12.0. The second kappa shape index (κ2) is 5.13. The molecule has 0 aromatic carbocycles. The first-order valence-electron chi connectivity index (χ1n) is 8.25. The van der Waals surface area contributed by atoms with Gasteiger partial charge >= 0.3 is 0 Å². The van der Waals surface area contributed by atoms with Crippen LogP contribution < -0.4 is 5.73 Å². The number of hydrogen-bond donors (Lipinski definition) is 1. The molecule has 104 valence electrons. The van der Waals surface area contributed by atoms with E-state index in [-0.39, 0.29) is 0 Å². The molecule has 2 heteroatoms. The van der Waals surface area contributed by atoms with Gasteiger partial charge in [-0.2, -0.15) is 0 Å². The van der Waals surface area contributed by atoms with E-state index in [9.17, 15) is 0 Å². The minimum absolute atomic E-state index is 0.353. The van der Waals surface area contributed by atoms with Gasteiger partial charge in [0.2, 0.25) is 0 Å². The largest absolute Gasteiger partial charge is 0.329 e. The molecule has 2 aliphatic carbocycles. The van der Waals surface area contributed by atoms with E-state index in [1.165, 1.54) is 64.3 Å². The van der Waals surface area contributed by atoms with Crippen LogP contribution in [0.25, 0.3) is 0 Å². The first-order valence-corrected chi connectivity index (χ1v) is 8.25. The molecule has 0 aromatic heterocycles. The maximum Gasteiger partial charge on any atom is 0.0360 e. The molecule has 0 amide bonds. The lowest BCUT2D eigenvalue weighted by atomic mass is 9.70. The van der Waals surface area contributed by atoms with Gasteiger partial charge in [-0.15, -0.1) is 0 Å². The lowest BCUT2D eigenvalue weighted by molar-refractivity contribution is -0.0476. The van der Waals surface area contributed by atoms with Crippen LogP contribution in [0.3, 0.4) is 0 Å². The number of fused-ring (bicyclic) bond motifs is 1. The van der Waals surface area contributed by atoms with Gasteiger partial charge in [0.1, 0.15) is 0 Å². The van der Waals surface area contributed by atoms with E-state index in [2.05, 4.69) is 11.8 Å². The summed E-state index contributed by atoms with van der Waals surface area (Å²) in [5.74, 6) is 1.80. The monoisotopic (exact) mass is 250 g/mol. The third kappa shape index (κ3) is 1.92. The van der Waals surface area contributed by atoms with Gasteiger partial charge in [0.25, 0.3) is 0 Å². The Morgan fingerprint density at radius 2 is 1.89 bits per heavy atom. The molecule has 0 aromatic rings. The number of hydrogen-bond acceptors (Lipinski definition) is 2. The summed E-state index contributed by atoms with van der Waals surface area (Å²) in [5, 5.41) is 0. The number of nitrogens with zero attached hydrogens (tertiary/aromatic N) is 1. The van der Waals surface area contributed by atoms with Crippen LogP contribution in [0, 0.1) is 11.8 Å². The zero-order chi connectivity index (χ0) is 12.6. The Kier molecular flexibility index (Phi) is 3.68. The molecule has 3 rings (SSSR count). The van der Waals surface area contributed by atoms with Crippen LogP contribution in [-0.2, 0) is 0 Å². The van der Waals surface area contributed by atoms with Gasteiger partial charge in [0, 0.05) is 18.1 Å². The molecule has 3 fully saturated rings. The lowest BCUT2D eigenvalue weighted by Crippen LogP contribution is -2.64. The van der Waals surface area contributed by atoms with E-state index in [1.807, 2.05) is 0 Å². The number of rotatable bonds is 2. The van der Waals surface area contributed by atoms with Crippen LogP contribution in [-0.4, -0.2) is 29.6 Å². The van der Waals surface area contributed by atoms with Crippen LogP contribution in [0.4, 0.5) is 0 Å². The summed E-state index contributed by atoms with van der Waals surface area (Å²) in [6.45, 7) is 4.67. The number of likely N-dealkylation sites (tertiary alicyclic amines) is 1. The Bertz CT molecular complexity index is 291. The quantitative estimate of drug-likeness (QED) is 0.815. The molecule has 0 bridgehead atoms. The predicted molar refractivity (Wildman–Crippen MR) is 76.5 cm³/mol. The molecule has 2 saturated carbocycles. The Balaban J connectivity index is 1.85. The average Bonchev–Trinajstić information content (AvgIpc) is 2.88. The molecule has 3 aliphatic rings. The highest BCUT2D eigenvalue weighted by atomic mass is 15.3. The SMILES string of the molecule is CC1CCCCC1(CN)N1CCCC2CCCC21. The molecule has 0 spiro atoms. The molecule has 1 heterocycles. The van der Waals surface area contributed by atoms with Crippen LogP contribution in [0.1, 0.15) is 64.7 Å². The van der Waals surface area contributed by atoms with Gasteiger partial charge < -0.3 is 5.73 Å². The standard InChI is InChI=1S/C16H30N2/c1-13-6-2-3-10-16(13,12-17)18-11-5-8-14-7-4-9-15(14)18/h13-15H,2-12,17H2,1H3.